The molecule has 1 fully saturated rings. The Kier molecular flexibility index (Phi) is 4.50. The minimum absolute atomic E-state index is 0.0483. The summed E-state index contributed by atoms with van der Waals surface area (Å²) in [5, 5.41) is 3.88. The van der Waals surface area contributed by atoms with Crippen molar-refractivity contribution in [2.45, 2.75) is 18.9 Å². The zero-order valence-electron chi connectivity index (χ0n) is 12.5. The van der Waals surface area contributed by atoms with E-state index in [0.717, 1.165) is 31.5 Å². The molecular weight excluding hydrogens is 300 g/mol. The molecule has 1 saturated heterocycles. The average Bonchev–Trinajstić information content (AvgIpc) is 3.04. The lowest BCUT2D eigenvalue weighted by Crippen LogP contribution is -2.43. The zero-order chi connectivity index (χ0) is 15.5. The number of piperidine rings is 1. The molecule has 0 saturated carbocycles. The second-order valence-electron chi connectivity index (χ2n) is 5.50. The molecule has 1 aromatic heterocycles. The molecule has 1 amide bonds. The highest BCUT2D eigenvalue weighted by Gasteiger charge is 2.25. The van der Waals surface area contributed by atoms with E-state index in [9.17, 15) is 4.79 Å². The topological polar surface area (TPSA) is 45.5 Å². The summed E-state index contributed by atoms with van der Waals surface area (Å²) < 4.78 is 5.73. The maximum Gasteiger partial charge on any atom is 0.289 e. The van der Waals surface area contributed by atoms with Crippen molar-refractivity contribution >= 4 is 17.5 Å². The molecule has 5 heteroatoms. The molecule has 0 aliphatic carbocycles. The van der Waals surface area contributed by atoms with Crippen molar-refractivity contribution in [1.29, 1.82) is 0 Å². The van der Waals surface area contributed by atoms with Crippen LogP contribution in [0.15, 0.2) is 40.8 Å². The van der Waals surface area contributed by atoms with Gasteiger partial charge in [0.05, 0.1) is 5.02 Å². The van der Waals surface area contributed by atoms with Crippen LogP contribution in [0.5, 0.6) is 0 Å². The number of furan rings is 1. The van der Waals surface area contributed by atoms with Gasteiger partial charge in [0.1, 0.15) is 5.76 Å². The molecule has 1 aliphatic rings. The molecule has 0 radical (unpaired) electrons. The summed E-state index contributed by atoms with van der Waals surface area (Å²) in [6.45, 7) is 1.51. The van der Waals surface area contributed by atoms with Gasteiger partial charge < -0.3 is 14.6 Å². The second-order valence-corrected chi connectivity index (χ2v) is 5.91. The van der Waals surface area contributed by atoms with Crippen LogP contribution in [-0.2, 0) is 0 Å². The van der Waals surface area contributed by atoms with E-state index in [-0.39, 0.29) is 5.91 Å². The Morgan fingerprint density at radius 2 is 1.95 bits per heavy atom. The van der Waals surface area contributed by atoms with Gasteiger partial charge in [-0.25, -0.2) is 0 Å². The van der Waals surface area contributed by atoms with Crippen LogP contribution < -0.4 is 5.32 Å². The molecule has 0 atom stereocenters. The maximum absolute atomic E-state index is 12.5. The Morgan fingerprint density at radius 1 is 1.23 bits per heavy atom. The van der Waals surface area contributed by atoms with Crippen LogP contribution in [0.3, 0.4) is 0 Å². The molecule has 0 bridgehead atoms. The Balaban J connectivity index is 1.74. The van der Waals surface area contributed by atoms with Gasteiger partial charge in [0, 0.05) is 24.7 Å². The number of carbonyl (C=O) groups is 1. The summed E-state index contributed by atoms with van der Waals surface area (Å²) in [7, 11) is 1.96. The fourth-order valence-corrected chi connectivity index (χ4v) is 3.01. The van der Waals surface area contributed by atoms with Crippen LogP contribution in [0, 0.1) is 0 Å². The van der Waals surface area contributed by atoms with E-state index in [1.807, 2.05) is 36.2 Å². The first-order valence-electron chi connectivity index (χ1n) is 7.50. The quantitative estimate of drug-likeness (QED) is 0.943. The van der Waals surface area contributed by atoms with Gasteiger partial charge in [-0.2, -0.15) is 0 Å². The summed E-state index contributed by atoms with van der Waals surface area (Å²) in [5.41, 5.74) is 0.803. The van der Waals surface area contributed by atoms with Crippen LogP contribution in [0.4, 0.5) is 0 Å². The Labute approximate surface area is 135 Å². The molecule has 22 heavy (non-hydrogen) atoms. The number of hydrogen-bond acceptors (Lipinski definition) is 3. The zero-order valence-corrected chi connectivity index (χ0v) is 13.3. The molecule has 0 spiro atoms. The smallest absolute Gasteiger partial charge is 0.289 e. The van der Waals surface area contributed by atoms with Gasteiger partial charge in [-0.15, -0.1) is 0 Å². The summed E-state index contributed by atoms with van der Waals surface area (Å²) >= 11 is 6.17. The monoisotopic (exact) mass is 318 g/mol. The highest BCUT2D eigenvalue weighted by Crippen LogP contribution is 2.29. The van der Waals surface area contributed by atoms with Gasteiger partial charge in [0.25, 0.3) is 5.91 Å². The summed E-state index contributed by atoms with van der Waals surface area (Å²) in [6.07, 6.45) is 1.95. The molecule has 1 aliphatic heterocycles. The fraction of sp³-hybridized carbons (Fsp3) is 0.353. The summed E-state index contributed by atoms with van der Waals surface area (Å²) in [4.78, 5) is 14.4. The number of hydrogen-bond donors (Lipinski definition) is 1. The van der Waals surface area contributed by atoms with Crippen molar-refractivity contribution in [3.63, 3.8) is 0 Å². The number of nitrogens with zero attached hydrogens (tertiary/aromatic N) is 1. The highest BCUT2D eigenvalue weighted by molar-refractivity contribution is 6.33. The van der Waals surface area contributed by atoms with E-state index < -0.39 is 0 Å². The minimum atomic E-state index is -0.0483. The van der Waals surface area contributed by atoms with Crippen molar-refractivity contribution < 1.29 is 9.21 Å². The maximum atomic E-state index is 12.5. The van der Waals surface area contributed by atoms with Crippen molar-refractivity contribution in [3.8, 4) is 11.3 Å². The summed E-state index contributed by atoms with van der Waals surface area (Å²) in [6, 6.07) is 11.5. The number of amides is 1. The molecule has 0 unspecified atom stereocenters. The first kappa shape index (κ1) is 15.1. The number of benzene rings is 1. The van der Waals surface area contributed by atoms with Gasteiger partial charge in [0.2, 0.25) is 0 Å². The number of rotatable bonds is 3. The van der Waals surface area contributed by atoms with E-state index >= 15 is 0 Å². The molecule has 2 aromatic rings. The van der Waals surface area contributed by atoms with Gasteiger partial charge in [-0.1, -0.05) is 23.7 Å². The van der Waals surface area contributed by atoms with Crippen LogP contribution in [-0.4, -0.2) is 37.0 Å². The first-order valence-corrected chi connectivity index (χ1v) is 7.88. The second kappa shape index (κ2) is 6.55. The lowest BCUT2D eigenvalue weighted by molar-refractivity contribution is 0.0676. The van der Waals surface area contributed by atoms with Gasteiger partial charge in [0.15, 0.2) is 5.76 Å². The van der Waals surface area contributed by atoms with E-state index in [1.54, 1.807) is 12.1 Å². The molecule has 4 nitrogen and oxygen atoms in total. The number of halogens is 1. The number of carbonyl (C=O) groups excluding carboxylic acids is 1. The van der Waals surface area contributed by atoms with Crippen LogP contribution in [0.1, 0.15) is 23.4 Å². The third-order valence-corrected chi connectivity index (χ3v) is 4.48. The fourth-order valence-electron chi connectivity index (χ4n) is 2.79. The van der Waals surface area contributed by atoms with Crippen LogP contribution in [0.2, 0.25) is 5.02 Å². The first-order chi connectivity index (χ1) is 10.7. The molecule has 1 aromatic carbocycles. The van der Waals surface area contributed by atoms with E-state index in [0.29, 0.717) is 22.6 Å². The molecule has 1 N–H and O–H groups in total. The third kappa shape index (κ3) is 3.03. The Hall–Kier alpha value is -1.78. The largest absolute Gasteiger partial charge is 0.451 e. The number of nitrogens with one attached hydrogen (secondary N) is 1. The highest BCUT2D eigenvalue weighted by atomic mass is 35.5. The van der Waals surface area contributed by atoms with Gasteiger partial charge >= 0.3 is 0 Å². The Morgan fingerprint density at radius 3 is 2.64 bits per heavy atom. The van der Waals surface area contributed by atoms with Crippen molar-refractivity contribution in [1.82, 2.24) is 10.2 Å². The van der Waals surface area contributed by atoms with Crippen molar-refractivity contribution in [3.05, 3.63) is 47.2 Å². The third-order valence-electron chi connectivity index (χ3n) is 4.15. The van der Waals surface area contributed by atoms with E-state index in [1.165, 1.54) is 0 Å². The molecular formula is C17H19ClN2O2. The lowest BCUT2D eigenvalue weighted by atomic mass is 10.1. The van der Waals surface area contributed by atoms with E-state index in [4.69, 9.17) is 16.0 Å². The molecule has 3 rings (SSSR count). The SMILES string of the molecule is CNC1CCN(C(=O)c2ccc(-c3ccccc3Cl)o2)CC1. The summed E-state index contributed by atoms with van der Waals surface area (Å²) in [5.74, 6) is 0.949. The predicted molar refractivity (Wildman–Crippen MR) is 87.1 cm³/mol. The average molecular weight is 319 g/mol. The molecule has 2 heterocycles. The van der Waals surface area contributed by atoms with Gasteiger partial charge in [-0.05, 0) is 44.2 Å². The van der Waals surface area contributed by atoms with Crippen molar-refractivity contribution in [2.75, 3.05) is 20.1 Å². The number of likely N-dealkylation sites (tertiary alicyclic amines) is 1. The lowest BCUT2D eigenvalue weighted by Gasteiger charge is -2.31. The van der Waals surface area contributed by atoms with Gasteiger partial charge in [-0.3, -0.25) is 4.79 Å². The predicted octanol–water partition coefficient (Wildman–Crippen LogP) is 3.42. The minimum Gasteiger partial charge on any atom is -0.451 e. The molecule has 116 valence electrons. The van der Waals surface area contributed by atoms with Crippen molar-refractivity contribution in [2.24, 2.45) is 0 Å². The normalized spacial score (nSPS) is 16.0. The van der Waals surface area contributed by atoms with Crippen LogP contribution >= 0.6 is 11.6 Å². The standard InChI is InChI=1S/C17H19ClN2O2/c1-19-12-8-10-20(11-9-12)17(21)16-7-6-15(22-16)13-4-2-3-5-14(13)18/h2-7,12,19H,8-11H2,1H3. The van der Waals surface area contributed by atoms with E-state index in [2.05, 4.69) is 5.32 Å². The van der Waals surface area contributed by atoms with Crippen LogP contribution in [0.25, 0.3) is 11.3 Å². The Bertz CT molecular complexity index is 660.